The van der Waals surface area contributed by atoms with Crippen LogP contribution in [0, 0.1) is 60.2 Å². The lowest BCUT2D eigenvalue weighted by Gasteiger charge is -2.33. The molecule has 1 amide bonds. The molecule has 2 aromatic heterocycles. The fourth-order valence-corrected chi connectivity index (χ4v) is 11.4. The highest BCUT2D eigenvalue weighted by Crippen LogP contribution is 2.47. The largest absolute Gasteiger partial charge is 0.508 e. The van der Waals surface area contributed by atoms with Gasteiger partial charge in [-0.05, 0) is 194 Å². The Morgan fingerprint density at radius 3 is 1.40 bits per heavy atom. The molecule has 3 aliphatic carbocycles. The van der Waals surface area contributed by atoms with Gasteiger partial charge >= 0.3 is 17.7 Å². The molecule has 430 valence electrons. The molecular weight excluding hydrogens is 1080 g/mol. The van der Waals surface area contributed by atoms with Gasteiger partial charge in [0.05, 0.1) is 46.3 Å². The number of aliphatic hydroxyl groups excluding tert-OH is 2. The van der Waals surface area contributed by atoms with Crippen LogP contribution in [0.3, 0.4) is 0 Å². The summed E-state index contributed by atoms with van der Waals surface area (Å²) in [5, 5.41) is 28.1. The van der Waals surface area contributed by atoms with Crippen molar-refractivity contribution in [2.45, 2.75) is 115 Å². The smallest absolute Gasteiger partial charge is 0.410 e. The molecule has 6 aliphatic rings. The number of rotatable bonds is 14. The Balaban J connectivity index is 0.000000171. The summed E-state index contributed by atoms with van der Waals surface area (Å²) in [7, 11) is -3.13. The number of carbonyl (C=O) groups excluding carboxylic acids is 1. The molecule has 78 heavy (non-hydrogen) atoms. The highest BCUT2D eigenvalue weighted by Gasteiger charge is 2.41. The number of ether oxygens (including phenoxy) is 2. The average molecular weight is 1160 g/mol. The van der Waals surface area contributed by atoms with Crippen molar-refractivity contribution in [1.29, 1.82) is 0 Å². The first-order valence-corrected chi connectivity index (χ1v) is 30.8. The number of piperidine rings is 3. The summed E-state index contributed by atoms with van der Waals surface area (Å²) in [6.45, 7) is 15.2. The SMILES string of the molecule is CC(C)(C)OC(=O)N1CCC(CC2CC2CO)CC1.CS(=O)(=O)c1ccc(O)cc1.Cc1ccc(OCC2CC2CC2CCN(c3ncc(Cl)cn3)CC2)cc1.O=S=O.OCC1CC1CC1CCN(c2ncc(Cl)cn2)CC1. The Hall–Kier alpha value is -4.66. The number of anilines is 2. The molecule has 21 heteroatoms. The zero-order valence-electron chi connectivity index (χ0n) is 45.9. The Morgan fingerprint density at radius 1 is 0.641 bits per heavy atom. The molecule has 6 fully saturated rings. The van der Waals surface area contributed by atoms with E-state index in [-0.39, 0.29) is 16.7 Å². The first-order valence-electron chi connectivity index (χ1n) is 27.5. The standard InChI is InChI=1S/C21H26ClN3O.C15H27NO3.C14H20ClN3O.C7H8O3S.O2S/c1-15-2-4-20(5-3-15)26-14-18-11-17(18)10-16-6-8-25(9-7-16)21-23-12-19(22)13-24-21;1-15(2,3)19-14(18)16-6-4-11(5-7-16)8-12-9-13(12)10-17;15-13-7-16-14(17-8-13)18-3-1-10(2-4-18)5-11-6-12(11)9-19;1-11(9,10)7-4-2-6(8)3-5-7;1-3-2/h2-5,12-13,16-18H,6-11,14H2,1H3;11-13,17H,4-10H2,1-3H3;7-8,10-12,19H,1-6,9H2;2-5,8H,1H3;. The molecule has 5 heterocycles. The third kappa shape index (κ3) is 21.8. The monoisotopic (exact) mass is 1160 g/mol. The van der Waals surface area contributed by atoms with Gasteiger partial charge in [-0.25, -0.2) is 33.1 Å². The van der Waals surface area contributed by atoms with Crippen LogP contribution in [-0.2, 0) is 26.1 Å². The molecule has 0 spiro atoms. The lowest BCUT2D eigenvalue weighted by atomic mass is 9.91. The van der Waals surface area contributed by atoms with E-state index in [0.29, 0.717) is 35.1 Å². The van der Waals surface area contributed by atoms with Crippen molar-refractivity contribution in [3.63, 3.8) is 0 Å². The quantitative estimate of drug-likeness (QED) is 0.107. The number of aliphatic hydroxyl groups is 2. The number of benzene rings is 2. The number of phenolic OH excluding ortho intramolecular Hbond substituents is 1. The van der Waals surface area contributed by atoms with Gasteiger partial charge in [-0.1, -0.05) is 40.9 Å². The van der Waals surface area contributed by atoms with Gasteiger partial charge in [0.2, 0.25) is 11.9 Å². The summed E-state index contributed by atoms with van der Waals surface area (Å²) in [6.07, 6.45) is 22.3. The summed E-state index contributed by atoms with van der Waals surface area (Å²) in [6, 6.07) is 13.8. The van der Waals surface area contributed by atoms with Crippen molar-refractivity contribution in [3.05, 3.63) is 88.9 Å². The molecule has 2 aromatic carbocycles. The van der Waals surface area contributed by atoms with Gasteiger partial charge in [-0.2, -0.15) is 8.42 Å². The van der Waals surface area contributed by atoms with Gasteiger partial charge in [-0.15, -0.1) is 0 Å². The zero-order chi connectivity index (χ0) is 56.4. The summed E-state index contributed by atoms with van der Waals surface area (Å²) >= 11 is 10.9. The van der Waals surface area contributed by atoms with E-state index in [4.69, 9.17) is 56.4 Å². The molecule has 17 nitrogen and oxygen atoms in total. The zero-order valence-corrected chi connectivity index (χ0v) is 49.0. The highest BCUT2D eigenvalue weighted by molar-refractivity contribution is 7.90. The Morgan fingerprint density at radius 2 is 1.03 bits per heavy atom. The number of amides is 1. The van der Waals surface area contributed by atoms with Gasteiger partial charge in [0.1, 0.15) is 17.1 Å². The van der Waals surface area contributed by atoms with Gasteiger partial charge in [0.25, 0.3) is 0 Å². The van der Waals surface area contributed by atoms with Gasteiger partial charge in [0, 0.05) is 58.7 Å². The minimum absolute atomic E-state index is 0.0670. The van der Waals surface area contributed by atoms with E-state index in [2.05, 4.69) is 60.9 Å². The molecule has 0 bridgehead atoms. The summed E-state index contributed by atoms with van der Waals surface area (Å²) in [5.41, 5.74) is 0.869. The van der Waals surface area contributed by atoms with E-state index in [9.17, 15) is 13.2 Å². The molecular formula is C57H81Cl2N7O10S2. The molecule has 3 N–H and O–H groups in total. The number of aryl methyl sites for hydroxylation is 1. The number of likely N-dealkylation sites (tertiary alicyclic amines) is 1. The van der Waals surface area contributed by atoms with E-state index in [1.165, 1.54) is 94.0 Å². The van der Waals surface area contributed by atoms with Crippen molar-refractivity contribution in [3.8, 4) is 11.5 Å². The molecule has 3 saturated carbocycles. The van der Waals surface area contributed by atoms with Crippen molar-refractivity contribution >= 4 is 62.6 Å². The second-order valence-electron chi connectivity index (χ2n) is 23.0. The van der Waals surface area contributed by atoms with Gasteiger partial charge in [-0.3, -0.25) is 0 Å². The third-order valence-corrected chi connectivity index (χ3v) is 17.1. The van der Waals surface area contributed by atoms with Crippen molar-refractivity contribution in [2.24, 2.45) is 53.3 Å². The first kappa shape index (κ1) is 62.5. The maximum absolute atomic E-state index is 11.9. The molecule has 3 saturated heterocycles. The summed E-state index contributed by atoms with van der Waals surface area (Å²) < 4.78 is 49.7. The lowest BCUT2D eigenvalue weighted by molar-refractivity contribution is 0.0178. The number of halogens is 2. The normalized spacial score (nSPS) is 23.1. The Kier molecular flexibility index (Phi) is 24.2. The van der Waals surface area contributed by atoms with Crippen LogP contribution >= 0.6 is 23.2 Å². The van der Waals surface area contributed by atoms with Crippen LogP contribution in [0.1, 0.15) is 103 Å². The number of phenols is 1. The number of carbonyl (C=O) groups is 1. The van der Waals surface area contributed by atoms with Crippen LogP contribution in [-0.4, -0.2) is 134 Å². The lowest BCUT2D eigenvalue weighted by Crippen LogP contribution is -2.41. The average Bonchev–Trinajstić information content (AvgIpc) is 4.37. The van der Waals surface area contributed by atoms with E-state index in [1.807, 2.05) is 25.7 Å². The maximum atomic E-state index is 11.9. The first-order chi connectivity index (χ1) is 37.2. The molecule has 4 aromatic rings. The van der Waals surface area contributed by atoms with Crippen molar-refractivity contribution in [2.75, 3.05) is 75.1 Å². The number of hydrogen-bond acceptors (Lipinski definition) is 16. The number of aromatic nitrogens is 4. The maximum Gasteiger partial charge on any atom is 0.410 e. The van der Waals surface area contributed by atoms with Crippen LogP contribution in [0.2, 0.25) is 10.0 Å². The van der Waals surface area contributed by atoms with Crippen molar-refractivity contribution < 1.29 is 46.4 Å². The van der Waals surface area contributed by atoms with Crippen LogP contribution < -0.4 is 14.5 Å². The Bertz CT molecular complexity index is 2570. The topological polar surface area (TPSA) is 226 Å². The second kappa shape index (κ2) is 30.2. The second-order valence-corrected chi connectivity index (χ2v) is 26.0. The summed E-state index contributed by atoms with van der Waals surface area (Å²) in [5.74, 6) is 9.30. The highest BCUT2D eigenvalue weighted by atomic mass is 35.5. The van der Waals surface area contributed by atoms with E-state index in [1.54, 1.807) is 24.8 Å². The minimum atomic E-state index is -3.13. The molecule has 3 aliphatic heterocycles. The van der Waals surface area contributed by atoms with Crippen LogP contribution in [0.25, 0.3) is 0 Å². The number of nitrogens with zero attached hydrogens (tertiary/aromatic N) is 7. The fraction of sp³-hybridized carbons (Fsp3) is 0.632. The Labute approximate surface area is 475 Å². The minimum Gasteiger partial charge on any atom is -0.508 e. The predicted molar refractivity (Wildman–Crippen MR) is 304 cm³/mol. The van der Waals surface area contributed by atoms with Crippen LogP contribution in [0.5, 0.6) is 11.5 Å². The van der Waals surface area contributed by atoms with E-state index >= 15 is 0 Å². The van der Waals surface area contributed by atoms with Gasteiger partial charge < -0.3 is 39.5 Å². The molecule has 0 radical (unpaired) electrons. The van der Waals surface area contributed by atoms with Gasteiger partial charge in [0.15, 0.2) is 9.84 Å². The van der Waals surface area contributed by atoms with Crippen molar-refractivity contribution in [1.82, 2.24) is 24.8 Å². The van der Waals surface area contributed by atoms with E-state index < -0.39 is 27.0 Å². The third-order valence-electron chi connectivity index (χ3n) is 15.6. The van der Waals surface area contributed by atoms with Crippen LogP contribution in [0.15, 0.2) is 78.2 Å². The molecule has 10 rings (SSSR count). The molecule has 6 atom stereocenters. The predicted octanol–water partition coefficient (Wildman–Crippen LogP) is 9.90. The number of sulfone groups is 1. The molecule has 6 unspecified atom stereocenters. The number of aromatic hydroxyl groups is 1. The summed E-state index contributed by atoms with van der Waals surface area (Å²) in [4.78, 5) is 35.7. The van der Waals surface area contributed by atoms with Crippen LogP contribution in [0.4, 0.5) is 16.7 Å². The van der Waals surface area contributed by atoms with E-state index in [0.717, 1.165) is 124 Å². The number of hydrogen-bond donors (Lipinski definition) is 3. The fourth-order valence-electron chi connectivity index (χ4n) is 10.6.